The van der Waals surface area contributed by atoms with Gasteiger partial charge in [-0.3, -0.25) is 9.59 Å². The molecule has 0 saturated carbocycles. The van der Waals surface area contributed by atoms with Gasteiger partial charge in [0.05, 0.1) is 18.7 Å². The van der Waals surface area contributed by atoms with Crippen molar-refractivity contribution >= 4 is 29.4 Å². The van der Waals surface area contributed by atoms with Gasteiger partial charge in [-0.05, 0) is 74.6 Å². The minimum absolute atomic E-state index is 0.0277. The number of ether oxygens (including phenoxy) is 1. The van der Waals surface area contributed by atoms with Crippen LogP contribution in [-0.2, 0) is 27.3 Å². The highest BCUT2D eigenvalue weighted by Gasteiger charge is 2.37. The molecule has 6 nitrogen and oxygen atoms in total. The van der Waals surface area contributed by atoms with Gasteiger partial charge in [-0.15, -0.1) is 0 Å². The maximum Gasteiger partial charge on any atom is 0.336 e. The number of nitrogens with one attached hydrogen (secondary N) is 1. The zero-order valence-electron chi connectivity index (χ0n) is 23.2. The standard InChI is InChI=1S/C33H35ClN2O4/c1-4-40-33(39)31-23(3)36(30(37)20-29(31)27-11-8-12-28(34)19-27)21-25-15-17-26(18-16-25)32(38)35-22(2)13-14-24-9-6-5-7-10-24/h5-12,15-19,22,29H,4,13-14,20-21H2,1-3H3,(H,35,38). The number of benzene rings is 3. The van der Waals surface area contributed by atoms with E-state index in [9.17, 15) is 14.4 Å². The molecule has 0 fully saturated rings. The number of carbonyl (C=O) groups is 3. The zero-order chi connectivity index (χ0) is 28.6. The minimum Gasteiger partial charge on any atom is -0.463 e. The molecule has 1 aliphatic heterocycles. The van der Waals surface area contributed by atoms with E-state index in [0.717, 1.165) is 24.0 Å². The Labute approximate surface area is 241 Å². The van der Waals surface area contributed by atoms with Crippen molar-refractivity contribution in [2.75, 3.05) is 6.61 Å². The predicted molar refractivity (Wildman–Crippen MR) is 157 cm³/mol. The van der Waals surface area contributed by atoms with E-state index >= 15 is 0 Å². The maximum atomic E-state index is 13.3. The summed E-state index contributed by atoms with van der Waals surface area (Å²) in [5.41, 5.74) is 4.48. The number of allylic oxidation sites excluding steroid dienone is 1. The van der Waals surface area contributed by atoms with E-state index in [-0.39, 0.29) is 37.4 Å². The summed E-state index contributed by atoms with van der Waals surface area (Å²) in [5, 5.41) is 3.61. The molecule has 0 radical (unpaired) electrons. The molecule has 1 aliphatic rings. The van der Waals surface area contributed by atoms with Crippen LogP contribution in [0.25, 0.3) is 0 Å². The largest absolute Gasteiger partial charge is 0.463 e. The van der Waals surface area contributed by atoms with Gasteiger partial charge in [0.25, 0.3) is 5.91 Å². The monoisotopic (exact) mass is 558 g/mol. The Morgan fingerprint density at radius 2 is 1.75 bits per heavy atom. The van der Waals surface area contributed by atoms with Crippen molar-refractivity contribution in [2.45, 2.75) is 58.5 Å². The van der Waals surface area contributed by atoms with Crippen molar-refractivity contribution in [1.29, 1.82) is 0 Å². The first-order chi connectivity index (χ1) is 19.3. The summed E-state index contributed by atoms with van der Waals surface area (Å²) in [6, 6.07) is 24.7. The normalized spacial score (nSPS) is 16.1. The van der Waals surface area contributed by atoms with Crippen LogP contribution in [0.5, 0.6) is 0 Å². The molecule has 0 aromatic heterocycles. The number of aryl methyl sites for hydroxylation is 1. The highest BCUT2D eigenvalue weighted by molar-refractivity contribution is 6.30. The molecule has 208 valence electrons. The molecule has 40 heavy (non-hydrogen) atoms. The molecule has 2 amide bonds. The first-order valence-corrected chi connectivity index (χ1v) is 14.0. The fourth-order valence-corrected chi connectivity index (χ4v) is 5.23. The highest BCUT2D eigenvalue weighted by Crippen LogP contribution is 2.38. The molecule has 1 N–H and O–H groups in total. The summed E-state index contributed by atoms with van der Waals surface area (Å²) in [5.74, 6) is -1.09. The molecule has 0 spiro atoms. The lowest BCUT2D eigenvalue weighted by Crippen LogP contribution is -2.38. The quantitative estimate of drug-likeness (QED) is 0.290. The summed E-state index contributed by atoms with van der Waals surface area (Å²) >= 11 is 6.21. The Bertz CT molecular complexity index is 1390. The first-order valence-electron chi connectivity index (χ1n) is 13.6. The van der Waals surface area contributed by atoms with Gasteiger partial charge in [-0.25, -0.2) is 4.79 Å². The van der Waals surface area contributed by atoms with Crippen molar-refractivity contribution in [3.05, 3.63) is 117 Å². The second-order valence-corrected chi connectivity index (χ2v) is 10.5. The van der Waals surface area contributed by atoms with Crippen LogP contribution in [0.2, 0.25) is 5.02 Å². The molecule has 0 aliphatic carbocycles. The smallest absolute Gasteiger partial charge is 0.336 e. The number of esters is 1. The number of rotatable bonds is 10. The summed E-state index contributed by atoms with van der Waals surface area (Å²) in [7, 11) is 0. The predicted octanol–water partition coefficient (Wildman–Crippen LogP) is 6.44. The number of nitrogens with zero attached hydrogens (tertiary/aromatic N) is 1. The van der Waals surface area contributed by atoms with E-state index in [1.807, 2.05) is 49.4 Å². The third kappa shape index (κ3) is 7.19. The van der Waals surface area contributed by atoms with E-state index in [2.05, 4.69) is 17.4 Å². The van der Waals surface area contributed by atoms with Gasteiger partial charge < -0.3 is 15.0 Å². The molecule has 4 rings (SSSR count). The van der Waals surface area contributed by atoms with Gasteiger partial charge in [0.1, 0.15) is 0 Å². The molecule has 2 atom stereocenters. The Hall–Kier alpha value is -3.90. The Morgan fingerprint density at radius 1 is 1.02 bits per heavy atom. The van der Waals surface area contributed by atoms with Gasteiger partial charge in [0.15, 0.2) is 0 Å². The number of carbonyl (C=O) groups excluding carboxylic acids is 3. The van der Waals surface area contributed by atoms with Crippen molar-refractivity contribution < 1.29 is 19.1 Å². The third-order valence-electron chi connectivity index (χ3n) is 7.21. The first kappa shape index (κ1) is 29.1. The van der Waals surface area contributed by atoms with Gasteiger partial charge in [-0.2, -0.15) is 0 Å². The Morgan fingerprint density at radius 3 is 2.42 bits per heavy atom. The number of amides is 2. The molecule has 3 aromatic carbocycles. The van der Waals surface area contributed by atoms with Crippen molar-refractivity contribution in [2.24, 2.45) is 0 Å². The van der Waals surface area contributed by atoms with Crippen LogP contribution in [-0.4, -0.2) is 35.3 Å². The van der Waals surface area contributed by atoms with E-state index in [1.54, 1.807) is 43.0 Å². The van der Waals surface area contributed by atoms with Gasteiger partial charge >= 0.3 is 5.97 Å². The third-order valence-corrected chi connectivity index (χ3v) is 7.45. The molecule has 2 unspecified atom stereocenters. The van der Waals surface area contributed by atoms with Gasteiger partial charge in [-0.1, -0.05) is 66.2 Å². The molecule has 3 aromatic rings. The average molecular weight is 559 g/mol. The van der Waals surface area contributed by atoms with E-state index < -0.39 is 11.9 Å². The fourth-order valence-electron chi connectivity index (χ4n) is 5.04. The van der Waals surface area contributed by atoms with Crippen LogP contribution in [0.1, 0.15) is 66.6 Å². The lowest BCUT2D eigenvalue weighted by molar-refractivity contribution is -0.140. The summed E-state index contributed by atoms with van der Waals surface area (Å²) in [4.78, 5) is 40.7. The van der Waals surface area contributed by atoms with Crippen LogP contribution in [0.15, 0.2) is 90.1 Å². The highest BCUT2D eigenvalue weighted by atomic mass is 35.5. The summed E-state index contributed by atoms with van der Waals surface area (Å²) in [6.45, 7) is 6.06. The van der Waals surface area contributed by atoms with E-state index in [4.69, 9.17) is 16.3 Å². The fraction of sp³-hybridized carbons (Fsp3) is 0.303. The SMILES string of the molecule is CCOC(=O)C1=C(C)N(Cc2ccc(C(=O)NC(C)CCc3ccccc3)cc2)C(=O)CC1c1cccc(Cl)c1. The van der Waals surface area contributed by atoms with Crippen molar-refractivity contribution in [3.8, 4) is 0 Å². The second kappa shape index (κ2) is 13.4. The Kier molecular flexibility index (Phi) is 9.78. The van der Waals surface area contributed by atoms with E-state index in [0.29, 0.717) is 21.9 Å². The summed E-state index contributed by atoms with van der Waals surface area (Å²) in [6.07, 6.45) is 1.87. The van der Waals surface area contributed by atoms with Gasteiger partial charge in [0.2, 0.25) is 5.91 Å². The topological polar surface area (TPSA) is 75.7 Å². The lowest BCUT2D eigenvalue weighted by atomic mass is 9.83. The molecular weight excluding hydrogens is 524 g/mol. The van der Waals surface area contributed by atoms with Crippen LogP contribution < -0.4 is 5.32 Å². The number of hydrogen-bond donors (Lipinski definition) is 1. The number of hydrogen-bond acceptors (Lipinski definition) is 4. The Balaban J connectivity index is 1.46. The van der Waals surface area contributed by atoms with Crippen LogP contribution in [0.4, 0.5) is 0 Å². The molecular formula is C33H35ClN2O4. The zero-order valence-corrected chi connectivity index (χ0v) is 23.9. The van der Waals surface area contributed by atoms with Crippen LogP contribution in [0.3, 0.4) is 0 Å². The average Bonchev–Trinajstić information content (AvgIpc) is 2.94. The maximum absolute atomic E-state index is 13.3. The van der Waals surface area contributed by atoms with Crippen molar-refractivity contribution in [1.82, 2.24) is 10.2 Å². The van der Waals surface area contributed by atoms with Crippen molar-refractivity contribution in [3.63, 3.8) is 0 Å². The second-order valence-electron chi connectivity index (χ2n) is 10.1. The minimum atomic E-state index is -0.434. The van der Waals surface area contributed by atoms with E-state index in [1.165, 1.54) is 5.56 Å². The molecule has 1 heterocycles. The molecule has 0 saturated heterocycles. The summed E-state index contributed by atoms with van der Waals surface area (Å²) < 4.78 is 5.37. The van der Waals surface area contributed by atoms with Gasteiger partial charge in [0, 0.05) is 34.7 Å². The van der Waals surface area contributed by atoms with Crippen LogP contribution >= 0.6 is 11.6 Å². The van der Waals surface area contributed by atoms with Crippen LogP contribution in [0, 0.1) is 0 Å². The lowest BCUT2D eigenvalue weighted by Gasteiger charge is -2.34. The molecule has 7 heteroatoms. The molecule has 0 bridgehead atoms. The number of halogens is 1.